The van der Waals surface area contributed by atoms with Crippen LogP contribution in [0.1, 0.15) is 51.3 Å². The summed E-state index contributed by atoms with van der Waals surface area (Å²) in [4.78, 5) is 0. The Hall–Kier alpha value is -1.68. The van der Waals surface area contributed by atoms with Crippen molar-refractivity contribution in [2.24, 2.45) is 5.92 Å². The Morgan fingerprint density at radius 3 is 2.60 bits per heavy atom. The number of unbranched alkanes of at least 4 members (excludes halogenated alkanes) is 1. The van der Waals surface area contributed by atoms with Gasteiger partial charge in [-0.1, -0.05) is 56.5 Å². The Kier molecular flexibility index (Phi) is 5.30. The van der Waals surface area contributed by atoms with Gasteiger partial charge in [0.05, 0.1) is 17.6 Å². The normalized spacial score (nSPS) is 14.2. The summed E-state index contributed by atoms with van der Waals surface area (Å²) in [5.41, 5.74) is 1.71. The standard InChI is InChI=1S/C16H23N3O/c1-3-5-9-13(4-2)16(20)15-12-17-18-19(15)14-10-7-6-8-11-14/h6-8,10-13,16,20H,3-5,9H2,1-2H3. The van der Waals surface area contributed by atoms with Crippen LogP contribution < -0.4 is 0 Å². The van der Waals surface area contributed by atoms with Crippen LogP contribution in [-0.2, 0) is 0 Å². The first-order valence-electron chi connectivity index (χ1n) is 7.42. The summed E-state index contributed by atoms with van der Waals surface area (Å²) in [6, 6.07) is 9.82. The van der Waals surface area contributed by atoms with Gasteiger partial charge in [-0.25, -0.2) is 4.68 Å². The van der Waals surface area contributed by atoms with E-state index in [4.69, 9.17) is 0 Å². The molecule has 4 heteroatoms. The number of para-hydroxylation sites is 1. The van der Waals surface area contributed by atoms with Crippen LogP contribution >= 0.6 is 0 Å². The van der Waals surface area contributed by atoms with Crippen molar-refractivity contribution in [2.75, 3.05) is 0 Å². The molecule has 0 spiro atoms. The van der Waals surface area contributed by atoms with Gasteiger partial charge in [0.15, 0.2) is 0 Å². The molecule has 1 aromatic carbocycles. The monoisotopic (exact) mass is 273 g/mol. The zero-order chi connectivity index (χ0) is 14.4. The van der Waals surface area contributed by atoms with Crippen molar-refractivity contribution >= 4 is 0 Å². The van der Waals surface area contributed by atoms with E-state index in [1.807, 2.05) is 30.3 Å². The summed E-state index contributed by atoms with van der Waals surface area (Å²) in [5, 5.41) is 18.7. The number of aliphatic hydroxyl groups excluding tert-OH is 1. The first-order chi connectivity index (χ1) is 9.77. The average Bonchev–Trinajstić information content (AvgIpc) is 2.98. The van der Waals surface area contributed by atoms with Crippen molar-refractivity contribution in [3.63, 3.8) is 0 Å². The van der Waals surface area contributed by atoms with Gasteiger partial charge in [-0.3, -0.25) is 0 Å². The Bertz CT molecular complexity index is 509. The van der Waals surface area contributed by atoms with Gasteiger partial charge < -0.3 is 5.11 Å². The van der Waals surface area contributed by atoms with Gasteiger partial charge in [-0.2, -0.15) is 0 Å². The number of benzene rings is 1. The topological polar surface area (TPSA) is 50.9 Å². The number of hydrogen-bond donors (Lipinski definition) is 1. The Labute approximate surface area is 120 Å². The van der Waals surface area contributed by atoms with Crippen molar-refractivity contribution < 1.29 is 5.11 Å². The fourth-order valence-corrected chi connectivity index (χ4v) is 2.51. The summed E-state index contributed by atoms with van der Waals surface area (Å²) < 4.78 is 1.74. The highest BCUT2D eigenvalue weighted by Gasteiger charge is 2.23. The van der Waals surface area contributed by atoms with Crippen molar-refractivity contribution in [3.8, 4) is 5.69 Å². The van der Waals surface area contributed by atoms with Crippen molar-refractivity contribution in [3.05, 3.63) is 42.2 Å². The van der Waals surface area contributed by atoms with Crippen molar-refractivity contribution in [1.82, 2.24) is 15.0 Å². The smallest absolute Gasteiger partial charge is 0.101 e. The molecule has 0 bridgehead atoms. The molecule has 0 amide bonds. The van der Waals surface area contributed by atoms with Crippen LogP contribution in [0.15, 0.2) is 36.5 Å². The van der Waals surface area contributed by atoms with E-state index in [1.165, 1.54) is 0 Å². The zero-order valence-electron chi connectivity index (χ0n) is 12.2. The van der Waals surface area contributed by atoms with E-state index in [9.17, 15) is 5.11 Å². The second-order valence-corrected chi connectivity index (χ2v) is 5.16. The van der Waals surface area contributed by atoms with E-state index in [0.717, 1.165) is 37.1 Å². The van der Waals surface area contributed by atoms with Gasteiger partial charge in [-0.15, -0.1) is 5.10 Å². The quantitative estimate of drug-likeness (QED) is 0.839. The van der Waals surface area contributed by atoms with Gasteiger partial charge in [0.2, 0.25) is 0 Å². The van der Waals surface area contributed by atoms with E-state index >= 15 is 0 Å². The Morgan fingerprint density at radius 2 is 1.95 bits per heavy atom. The number of aliphatic hydroxyl groups is 1. The molecular formula is C16H23N3O. The van der Waals surface area contributed by atoms with E-state index in [2.05, 4.69) is 24.2 Å². The molecule has 2 unspecified atom stereocenters. The molecule has 0 saturated heterocycles. The number of rotatable bonds is 7. The molecular weight excluding hydrogens is 250 g/mol. The van der Waals surface area contributed by atoms with E-state index in [-0.39, 0.29) is 5.92 Å². The molecule has 1 N–H and O–H groups in total. The van der Waals surface area contributed by atoms with E-state index < -0.39 is 6.10 Å². The maximum atomic E-state index is 10.6. The summed E-state index contributed by atoms with van der Waals surface area (Å²) >= 11 is 0. The molecule has 108 valence electrons. The van der Waals surface area contributed by atoms with Crippen LogP contribution in [0.3, 0.4) is 0 Å². The summed E-state index contributed by atoms with van der Waals surface area (Å²) in [7, 11) is 0. The van der Waals surface area contributed by atoms with Gasteiger partial charge in [0.1, 0.15) is 6.10 Å². The first-order valence-corrected chi connectivity index (χ1v) is 7.42. The second-order valence-electron chi connectivity index (χ2n) is 5.16. The molecule has 20 heavy (non-hydrogen) atoms. The molecule has 2 aromatic rings. The molecule has 2 atom stereocenters. The predicted molar refractivity (Wildman–Crippen MR) is 79.6 cm³/mol. The van der Waals surface area contributed by atoms with Gasteiger partial charge >= 0.3 is 0 Å². The lowest BCUT2D eigenvalue weighted by Crippen LogP contribution is -2.16. The molecule has 0 saturated carbocycles. The minimum absolute atomic E-state index is 0.260. The summed E-state index contributed by atoms with van der Waals surface area (Å²) in [6.07, 6.45) is 5.45. The van der Waals surface area contributed by atoms with Crippen LogP contribution in [0.25, 0.3) is 5.69 Å². The summed E-state index contributed by atoms with van der Waals surface area (Å²) in [6.45, 7) is 4.30. The lowest BCUT2D eigenvalue weighted by Gasteiger charge is -2.21. The van der Waals surface area contributed by atoms with Crippen molar-refractivity contribution in [1.29, 1.82) is 0 Å². The van der Waals surface area contributed by atoms with Crippen LogP contribution in [0.4, 0.5) is 0 Å². The van der Waals surface area contributed by atoms with E-state index in [1.54, 1.807) is 10.9 Å². The second kappa shape index (κ2) is 7.20. The first kappa shape index (κ1) is 14.7. The molecule has 0 aliphatic heterocycles. The maximum absolute atomic E-state index is 10.6. The summed E-state index contributed by atoms with van der Waals surface area (Å²) in [5.74, 6) is 0.260. The van der Waals surface area contributed by atoms with E-state index in [0.29, 0.717) is 0 Å². The molecule has 0 aliphatic carbocycles. The zero-order valence-corrected chi connectivity index (χ0v) is 12.2. The third-order valence-corrected chi connectivity index (χ3v) is 3.78. The van der Waals surface area contributed by atoms with Gasteiger partial charge in [0, 0.05) is 0 Å². The third kappa shape index (κ3) is 3.25. The highest BCUT2D eigenvalue weighted by Crippen LogP contribution is 2.29. The minimum Gasteiger partial charge on any atom is -0.386 e. The number of aromatic nitrogens is 3. The Balaban J connectivity index is 2.22. The molecule has 1 aromatic heterocycles. The molecule has 0 aliphatic rings. The van der Waals surface area contributed by atoms with Crippen LogP contribution in [0.5, 0.6) is 0 Å². The predicted octanol–water partition coefficient (Wildman–Crippen LogP) is 3.52. The Morgan fingerprint density at radius 1 is 1.20 bits per heavy atom. The lowest BCUT2D eigenvalue weighted by molar-refractivity contribution is 0.0926. The number of hydrogen-bond acceptors (Lipinski definition) is 3. The van der Waals surface area contributed by atoms with Gasteiger partial charge in [-0.05, 0) is 24.5 Å². The molecule has 4 nitrogen and oxygen atoms in total. The van der Waals surface area contributed by atoms with Crippen LogP contribution in [0, 0.1) is 5.92 Å². The molecule has 2 rings (SSSR count). The highest BCUT2D eigenvalue weighted by molar-refractivity contribution is 5.32. The third-order valence-electron chi connectivity index (χ3n) is 3.78. The number of nitrogens with zero attached hydrogens (tertiary/aromatic N) is 3. The SMILES string of the molecule is CCCCC(CC)C(O)c1cnnn1-c1ccccc1. The fourth-order valence-electron chi connectivity index (χ4n) is 2.51. The largest absolute Gasteiger partial charge is 0.386 e. The maximum Gasteiger partial charge on any atom is 0.101 e. The molecule has 0 fully saturated rings. The van der Waals surface area contributed by atoms with Crippen LogP contribution in [0.2, 0.25) is 0 Å². The molecule has 1 heterocycles. The fraction of sp³-hybridized carbons (Fsp3) is 0.500. The average molecular weight is 273 g/mol. The molecule has 0 radical (unpaired) electrons. The highest BCUT2D eigenvalue weighted by atomic mass is 16.3. The van der Waals surface area contributed by atoms with Crippen molar-refractivity contribution in [2.45, 2.75) is 45.6 Å². The van der Waals surface area contributed by atoms with Gasteiger partial charge in [0.25, 0.3) is 0 Å². The minimum atomic E-state index is -0.512. The lowest BCUT2D eigenvalue weighted by atomic mass is 9.91. The van der Waals surface area contributed by atoms with Crippen LogP contribution in [-0.4, -0.2) is 20.1 Å².